The van der Waals surface area contributed by atoms with Gasteiger partial charge in [-0.3, -0.25) is 4.79 Å². The number of benzene rings is 1. The summed E-state index contributed by atoms with van der Waals surface area (Å²) in [6.07, 6.45) is 3.50. The molecule has 1 amide bonds. The van der Waals surface area contributed by atoms with Crippen LogP contribution in [0.25, 0.3) is 0 Å². The molecule has 0 aromatic heterocycles. The highest BCUT2D eigenvalue weighted by molar-refractivity contribution is 9.10. The number of rotatable bonds is 2. The van der Waals surface area contributed by atoms with Gasteiger partial charge >= 0.3 is 0 Å². The lowest BCUT2D eigenvalue weighted by atomic mass is 9.84. The highest BCUT2D eigenvalue weighted by atomic mass is 79.9. The molecule has 2 aliphatic carbocycles. The molecule has 4 heteroatoms. The Balaban J connectivity index is 1.75. The molecule has 3 rings (SSSR count). The summed E-state index contributed by atoms with van der Waals surface area (Å²) in [6.45, 7) is 2.00. The maximum Gasteiger partial charge on any atom is 0.229 e. The first kappa shape index (κ1) is 13.1. The number of carbonyl (C=O) groups excluding carboxylic acids is 1. The van der Waals surface area contributed by atoms with Crippen molar-refractivity contribution in [2.45, 2.75) is 32.2 Å². The average molecular weight is 323 g/mol. The van der Waals surface area contributed by atoms with Crippen molar-refractivity contribution in [2.24, 2.45) is 23.5 Å². The zero-order valence-electron chi connectivity index (χ0n) is 11.0. The van der Waals surface area contributed by atoms with Gasteiger partial charge < -0.3 is 11.1 Å². The lowest BCUT2D eigenvalue weighted by molar-refractivity contribution is -0.121. The number of nitrogens with two attached hydrogens (primary N) is 1. The number of anilines is 1. The van der Waals surface area contributed by atoms with Crippen LogP contribution in [0.5, 0.6) is 0 Å². The van der Waals surface area contributed by atoms with Crippen molar-refractivity contribution in [3.8, 4) is 0 Å². The van der Waals surface area contributed by atoms with Gasteiger partial charge in [0, 0.05) is 16.2 Å². The zero-order chi connectivity index (χ0) is 13.6. The molecule has 102 valence electrons. The smallest absolute Gasteiger partial charge is 0.229 e. The molecule has 3 N–H and O–H groups in total. The third kappa shape index (κ3) is 2.32. The average Bonchev–Trinajstić information content (AvgIpc) is 2.93. The Morgan fingerprint density at radius 3 is 2.74 bits per heavy atom. The summed E-state index contributed by atoms with van der Waals surface area (Å²) >= 11 is 3.43. The van der Waals surface area contributed by atoms with Crippen LogP contribution >= 0.6 is 15.9 Å². The van der Waals surface area contributed by atoms with E-state index >= 15 is 0 Å². The van der Waals surface area contributed by atoms with Gasteiger partial charge in [-0.1, -0.05) is 15.9 Å². The molecule has 0 radical (unpaired) electrons. The third-order valence-corrected chi connectivity index (χ3v) is 5.22. The maximum atomic E-state index is 12.4. The number of nitrogens with one attached hydrogen (secondary N) is 1. The minimum Gasteiger partial charge on any atom is -0.327 e. The molecule has 4 unspecified atom stereocenters. The molecule has 0 heterocycles. The van der Waals surface area contributed by atoms with E-state index in [9.17, 15) is 4.79 Å². The first-order valence-electron chi connectivity index (χ1n) is 6.89. The van der Waals surface area contributed by atoms with E-state index in [4.69, 9.17) is 5.73 Å². The van der Waals surface area contributed by atoms with Crippen LogP contribution in [0.3, 0.4) is 0 Å². The van der Waals surface area contributed by atoms with Gasteiger partial charge in [-0.05, 0) is 61.8 Å². The van der Waals surface area contributed by atoms with Crippen LogP contribution in [0.4, 0.5) is 5.69 Å². The SMILES string of the molecule is Cc1cc(Br)ccc1NC(=O)C1C2CCC(C2)C1N. The second kappa shape index (κ2) is 4.91. The topological polar surface area (TPSA) is 55.1 Å². The van der Waals surface area contributed by atoms with Gasteiger partial charge in [0.2, 0.25) is 5.91 Å². The van der Waals surface area contributed by atoms with E-state index in [0.717, 1.165) is 28.6 Å². The molecule has 2 saturated carbocycles. The number of fused-ring (bicyclic) bond motifs is 2. The Kier molecular flexibility index (Phi) is 3.39. The Hall–Kier alpha value is -0.870. The summed E-state index contributed by atoms with van der Waals surface area (Å²) in [5, 5.41) is 3.05. The number of aryl methyl sites for hydroxylation is 1. The molecule has 2 bridgehead atoms. The van der Waals surface area contributed by atoms with E-state index in [1.807, 2.05) is 25.1 Å². The van der Waals surface area contributed by atoms with Crippen molar-refractivity contribution >= 4 is 27.5 Å². The summed E-state index contributed by atoms with van der Waals surface area (Å²) in [5.74, 6) is 1.16. The maximum absolute atomic E-state index is 12.4. The second-order valence-corrected chi connectivity index (χ2v) is 6.80. The van der Waals surface area contributed by atoms with E-state index in [1.165, 1.54) is 6.42 Å². The van der Waals surface area contributed by atoms with Crippen molar-refractivity contribution in [1.29, 1.82) is 0 Å². The molecule has 4 atom stereocenters. The summed E-state index contributed by atoms with van der Waals surface area (Å²) in [7, 11) is 0. The predicted molar refractivity (Wildman–Crippen MR) is 79.8 cm³/mol. The lowest BCUT2D eigenvalue weighted by Gasteiger charge is -2.27. The Bertz CT molecular complexity index is 515. The van der Waals surface area contributed by atoms with Gasteiger partial charge in [0.15, 0.2) is 0 Å². The molecule has 1 aromatic carbocycles. The fourth-order valence-electron chi connectivity index (χ4n) is 3.71. The second-order valence-electron chi connectivity index (χ2n) is 5.88. The lowest BCUT2D eigenvalue weighted by Crippen LogP contribution is -2.42. The van der Waals surface area contributed by atoms with Crippen LogP contribution in [-0.4, -0.2) is 11.9 Å². The van der Waals surface area contributed by atoms with Gasteiger partial charge in [0.05, 0.1) is 5.92 Å². The standard InChI is InChI=1S/C15H19BrN2O/c1-8-6-11(16)4-5-12(8)18-15(19)13-9-2-3-10(7-9)14(13)17/h4-6,9-10,13-14H,2-3,7,17H2,1H3,(H,18,19). The Morgan fingerprint density at radius 2 is 2.11 bits per heavy atom. The van der Waals surface area contributed by atoms with Crippen molar-refractivity contribution < 1.29 is 4.79 Å². The van der Waals surface area contributed by atoms with Crippen LogP contribution < -0.4 is 11.1 Å². The largest absolute Gasteiger partial charge is 0.327 e. The van der Waals surface area contributed by atoms with Crippen LogP contribution in [-0.2, 0) is 4.79 Å². The number of carbonyl (C=O) groups is 1. The molecule has 19 heavy (non-hydrogen) atoms. The monoisotopic (exact) mass is 322 g/mol. The van der Waals surface area contributed by atoms with E-state index in [-0.39, 0.29) is 17.9 Å². The van der Waals surface area contributed by atoms with E-state index in [0.29, 0.717) is 11.8 Å². The zero-order valence-corrected chi connectivity index (χ0v) is 12.6. The van der Waals surface area contributed by atoms with Gasteiger partial charge in [-0.15, -0.1) is 0 Å². The van der Waals surface area contributed by atoms with Gasteiger partial charge in [-0.25, -0.2) is 0 Å². The summed E-state index contributed by atoms with van der Waals surface area (Å²) < 4.78 is 1.03. The molecular weight excluding hydrogens is 304 g/mol. The minimum atomic E-state index is 0.00166. The van der Waals surface area contributed by atoms with Crippen molar-refractivity contribution in [3.05, 3.63) is 28.2 Å². The van der Waals surface area contributed by atoms with E-state index < -0.39 is 0 Å². The molecule has 1 aromatic rings. The molecule has 0 aliphatic heterocycles. The van der Waals surface area contributed by atoms with Gasteiger partial charge in [0.25, 0.3) is 0 Å². The van der Waals surface area contributed by atoms with E-state index in [1.54, 1.807) is 0 Å². The Morgan fingerprint density at radius 1 is 1.37 bits per heavy atom. The van der Waals surface area contributed by atoms with Gasteiger partial charge in [-0.2, -0.15) is 0 Å². The normalized spacial score (nSPS) is 32.6. The number of hydrogen-bond acceptors (Lipinski definition) is 2. The van der Waals surface area contributed by atoms with Gasteiger partial charge in [0.1, 0.15) is 0 Å². The van der Waals surface area contributed by atoms with Crippen molar-refractivity contribution in [1.82, 2.24) is 0 Å². The van der Waals surface area contributed by atoms with Crippen LogP contribution in [0.2, 0.25) is 0 Å². The molecule has 0 saturated heterocycles. The quantitative estimate of drug-likeness (QED) is 0.879. The first-order chi connectivity index (χ1) is 9.06. The summed E-state index contributed by atoms with van der Waals surface area (Å²) in [4.78, 5) is 12.4. The van der Waals surface area contributed by atoms with Crippen LogP contribution in [0.1, 0.15) is 24.8 Å². The van der Waals surface area contributed by atoms with Crippen molar-refractivity contribution in [2.75, 3.05) is 5.32 Å². The predicted octanol–water partition coefficient (Wildman–Crippen LogP) is 3.07. The summed E-state index contributed by atoms with van der Waals surface area (Å²) in [6, 6.07) is 5.95. The van der Waals surface area contributed by atoms with Crippen molar-refractivity contribution in [3.63, 3.8) is 0 Å². The summed E-state index contributed by atoms with van der Waals surface area (Å²) in [5.41, 5.74) is 8.17. The number of halogens is 1. The van der Waals surface area contributed by atoms with Crippen LogP contribution in [0.15, 0.2) is 22.7 Å². The highest BCUT2D eigenvalue weighted by Gasteiger charge is 2.49. The minimum absolute atomic E-state index is 0.00166. The fraction of sp³-hybridized carbons (Fsp3) is 0.533. The van der Waals surface area contributed by atoms with E-state index in [2.05, 4.69) is 21.2 Å². The number of amides is 1. The highest BCUT2D eigenvalue weighted by Crippen LogP contribution is 2.47. The molecule has 3 nitrogen and oxygen atoms in total. The third-order valence-electron chi connectivity index (χ3n) is 4.73. The molecule has 2 fully saturated rings. The number of hydrogen-bond donors (Lipinski definition) is 2. The first-order valence-corrected chi connectivity index (χ1v) is 7.68. The molecular formula is C15H19BrN2O. The van der Waals surface area contributed by atoms with Crippen LogP contribution in [0, 0.1) is 24.7 Å². The molecule has 2 aliphatic rings. The fourth-order valence-corrected chi connectivity index (χ4v) is 4.18. The Labute approximate surface area is 122 Å². The molecule has 0 spiro atoms.